The van der Waals surface area contributed by atoms with Gasteiger partial charge in [0.2, 0.25) is 0 Å². The fourth-order valence-electron chi connectivity index (χ4n) is 2.71. The molecule has 112 valence electrons. The minimum Gasteiger partial charge on any atom is -0.497 e. The zero-order valence-electron chi connectivity index (χ0n) is 12.6. The van der Waals surface area contributed by atoms with E-state index in [4.69, 9.17) is 9.84 Å². The average Bonchev–Trinajstić information content (AvgIpc) is 2.42. The quantitative estimate of drug-likeness (QED) is 0.939. The largest absolute Gasteiger partial charge is 0.497 e. The van der Waals surface area contributed by atoms with Crippen molar-refractivity contribution in [3.8, 4) is 5.75 Å². The topological polar surface area (TPSA) is 68.5 Å². The molecule has 0 unspecified atom stereocenters. The van der Waals surface area contributed by atoms with Gasteiger partial charge in [-0.2, -0.15) is 0 Å². The molecule has 0 amide bonds. The van der Waals surface area contributed by atoms with E-state index in [1.807, 2.05) is 24.5 Å². The van der Waals surface area contributed by atoms with Crippen LogP contribution in [0.2, 0.25) is 0 Å². The van der Waals surface area contributed by atoms with Gasteiger partial charge in [-0.3, -0.25) is 9.59 Å². The van der Waals surface area contributed by atoms with Gasteiger partial charge < -0.3 is 14.4 Å². The fourth-order valence-corrected chi connectivity index (χ4v) is 2.71. The molecule has 0 bridgehead atoms. The number of methoxy groups -OCH3 is 1. The van der Waals surface area contributed by atoms with Crippen molar-refractivity contribution in [1.29, 1.82) is 0 Å². The Balaban J connectivity index is 2.91. The molecule has 0 aliphatic carbocycles. The number of carboxylic acid groups (broad SMARTS) is 1. The van der Waals surface area contributed by atoms with Crippen molar-refractivity contribution in [2.75, 3.05) is 7.11 Å². The minimum absolute atomic E-state index is 0.119. The van der Waals surface area contributed by atoms with E-state index in [1.54, 1.807) is 19.1 Å². The van der Waals surface area contributed by atoms with Crippen LogP contribution in [0.15, 0.2) is 23.0 Å². The first-order chi connectivity index (χ1) is 9.86. The van der Waals surface area contributed by atoms with Crippen LogP contribution in [0.4, 0.5) is 0 Å². The third-order valence-electron chi connectivity index (χ3n) is 3.62. The van der Waals surface area contributed by atoms with E-state index < -0.39 is 5.97 Å². The highest BCUT2D eigenvalue weighted by Gasteiger charge is 2.18. The second-order valence-corrected chi connectivity index (χ2v) is 5.31. The van der Waals surface area contributed by atoms with Gasteiger partial charge in [0.1, 0.15) is 5.75 Å². The van der Waals surface area contributed by atoms with Crippen molar-refractivity contribution in [1.82, 2.24) is 4.57 Å². The molecule has 2 aromatic rings. The Labute approximate surface area is 122 Å². The van der Waals surface area contributed by atoms with E-state index in [-0.39, 0.29) is 17.9 Å². The number of hydrogen-bond donors (Lipinski definition) is 1. The Hall–Kier alpha value is -2.30. The summed E-state index contributed by atoms with van der Waals surface area (Å²) < 4.78 is 7.16. The number of hydrogen-bond acceptors (Lipinski definition) is 3. The predicted octanol–water partition coefficient (Wildman–Crippen LogP) is 2.53. The highest BCUT2D eigenvalue weighted by atomic mass is 16.5. The number of benzene rings is 1. The molecule has 0 radical (unpaired) electrons. The molecule has 2 rings (SSSR count). The van der Waals surface area contributed by atoms with E-state index in [2.05, 4.69) is 0 Å². The number of nitrogens with zero attached hydrogens (tertiary/aromatic N) is 1. The first-order valence-electron chi connectivity index (χ1n) is 6.80. The molecule has 1 N–H and O–H groups in total. The van der Waals surface area contributed by atoms with Crippen LogP contribution in [0.25, 0.3) is 10.9 Å². The maximum absolute atomic E-state index is 12.6. The number of carboxylic acids is 1. The molecule has 0 fully saturated rings. The molecule has 0 aliphatic heterocycles. The Bertz CT molecular complexity index is 759. The van der Waals surface area contributed by atoms with Gasteiger partial charge in [0.05, 0.1) is 19.0 Å². The number of carbonyl (C=O) groups is 1. The number of fused-ring (bicyclic) bond motifs is 1. The Morgan fingerprint density at radius 1 is 1.38 bits per heavy atom. The molecular weight excluding hydrogens is 270 g/mol. The third-order valence-corrected chi connectivity index (χ3v) is 3.62. The second-order valence-electron chi connectivity index (χ2n) is 5.31. The lowest BCUT2D eigenvalue weighted by atomic mass is 10.0. The lowest BCUT2D eigenvalue weighted by Gasteiger charge is -2.21. The van der Waals surface area contributed by atoms with Gasteiger partial charge in [-0.25, -0.2) is 0 Å². The fraction of sp³-hybridized carbons (Fsp3) is 0.375. The Morgan fingerprint density at radius 2 is 2.05 bits per heavy atom. The van der Waals surface area contributed by atoms with E-state index in [1.165, 1.54) is 7.11 Å². The summed E-state index contributed by atoms with van der Waals surface area (Å²) >= 11 is 0. The molecule has 1 aromatic carbocycles. The molecule has 5 nitrogen and oxygen atoms in total. The maximum Gasteiger partial charge on any atom is 0.308 e. The molecule has 1 aromatic heterocycles. The minimum atomic E-state index is -1.01. The summed E-state index contributed by atoms with van der Waals surface area (Å²) in [6.07, 6.45) is -0.273. The molecule has 0 aliphatic rings. The van der Waals surface area contributed by atoms with Crippen LogP contribution in [-0.4, -0.2) is 22.8 Å². The van der Waals surface area contributed by atoms with Gasteiger partial charge in [0.25, 0.3) is 0 Å². The molecular formula is C16H19NO4. The van der Waals surface area contributed by atoms with Crippen molar-refractivity contribution in [2.24, 2.45) is 0 Å². The van der Waals surface area contributed by atoms with Crippen molar-refractivity contribution in [2.45, 2.75) is 33.2 Å². The number of aliphatic carboxylic acids is 1. The Morgan fingerprint density at radius 3 is 2.57 bits per heavy atom. The maximum atomic E-state index is 12.6. The van der Waals surface area contributed by atoms with Crippen LogP contribution in [0, 0.1) is 6.92 Å². The number of ether oxygens (including phenoxy) is 1. The SMILES string of the molecule is COc1ccc2c(c1)c(=O)c(CC(=O)O)c(C)n2C(C)C. The normalized spacial score (nSPS) is 11.1. The standard InChI is InChI=1S/C16H19NO4/c1-9(2)17-10(3)12(8-15(18)19)16(20)13-7-11(21-4)5-6-14(13)17/h5-7,9H,8H2,1-4H3,(H,18,19). The van der Waals surface area contributed by atoms with E-state index in [0.717, 1.165) is 5.52 Å². The van der Waals surface area contributed by atoms with Crippen molar-refractivity contribution >= 4 is 16.9 Å². The Kier molecular flexibility index (Phi) is 4.02. The summed E-state index contributed by atoms with van der Waals surface area (Å²) in [6, 6.07) is 5.43. The summed E-state index contributed by atoms with van der Waals surface area (Å²) in [5.41, 5.74) is 1.59. The van der Waals surface area contributed by atoms with Crippen LogP contribution in [-0.2, 0) is 11.2 Å². The number of pyridine rings is 1. The summed E-state index contributed by atoms with van der Waals surface area (Å²) in [7, 11) is 1.54. The summed E-state index contributed by atoms with van der Waals surface area (Å²) in [6.45, 7) is 5.81. The molecule has 0 saturated carbocycles. The van der Waals surface area contributed by atoms with Crippen LogP contribution in [0.1, 0.15) is 31.1 Å². The molecule has 0 atom stereocenters. The first kappa shape index (κ1) is 15.1. The van der Waals surface area contributed by atoms with E-state index in [9.17, 15) is 9.59 Å². The summed E-state index contributed by atoms with van der Waals surface area (Å²) in [5.74, 6) is -0.423. The zero-order valence-corrected chi connectivity index (χ0v) is 12.6. The number of rotatable bonds is 4. The highest BCUT2D eigenvalue weighted by Crippen LogP contribution is 2.24. The lowest BCUT2D eigenvalue weighted by molar-refractivity contribution is -0.136. The van der Waals surface area contributed by atoms with Gasteiger partial charge in [0, 0.05) is 22.7 Å². The molecule has 5 heteroatoms. The molecule has 1 heterocycles. The van der Waals surface area contributed by atoms with E-state index >= 15 is 0 Å². The van der Waals surface area contributed by atoms with Crippen LogP contribution >= 0.6 is 0 Å². The van der Waals surface area contributed by atoms with Crippen molar-refractivity contribution in [3.05, 3.63) is 39.7 Å². The van der Waals surface area contributed by atoms with Gasteiger partial charge in [-0.1, -0.05) is 0 Å². The van der Waals surface area contributed by atoms with Gasteiger partial charge in [-0.15, -0.1) is 0 Å². The summed E-state index contributed by atoms with van der Waals surface area (Å²) in [5, 5.41) is 9.54. The smallest absolute Gasteiger partial charge is 0.308 e. The monoisotopic (exact) mass is 289 g/mol. The van der Waals surface area contributed by atoms with Crippen LogP contribution in [0.3, 0.4) is 0 Å². The van der Waals surface area contributed by atoms with Crippen molar-refractivity contribution in [3.63, 3.8) is 0 Å². The average molecular weight is 289 g/mol. The van der Waals surface area contributed by atoms with Crippen LogP contribution in [0.5, 0.6) is 5.75 Å². The predicted molar refractivity (Wildman–Crippen MR) is 81.2 cm³/mol. The summed E-state index contributed by atoms with van der Waals surface area (Å²) in [4.78, 5) is 23.6. The molecule has 0 spiro atoms. The third kappa shape index (κ3) is 2.63. The van der Waals surface area contributed by atoms with Gasteiger partial charge >= 0.3 is 5.97 Å². The second kappa shape index (κ2) is 5.60. The number of aromatic nitrogens is 1. The van der Waals surface area contributed by atoms with E-state index in [0.29, 0.717) is 22.4 Å². The van der Waals surface area contributed by atoms with Crippen LogP contribution < -0.4 is 10.2 Å². The van der Waals surface area contributed by atoms with Crippen molar-refractivity contribution < 1.29 is 14.6 Å². The first-order valence-corrected chi connectivity index (χ1v) is 6.80. The van der Waals surface area contributed by atoms with Gasteiger partial charge in [-0.05, 0) is 39.0 Å². The molecule has 0 saturated heterocycles. The molecule has 21 heavy (non-hydrogen) atoms. The van der Waals surface area contributed by atoms with Gasteiger partial charge in [0.15, 0.2) is 5.43 Å². The zero-order chi connectivity index (χ0) is 15.7. The lowest BCUT2D eigenvalue weighted by Crippen LogP contribution is -2.22. The highest BCUT2D eigenvalue weighted by molar-refractivity contribution is 5.83.